The van der Waals surface area contributed by atoms with Crippen LogP contribution in [0.5, 0.6) is 0 Å². The number of aliphatic imine (C=N–C) groups is 1. The maximum atomic E-state index is 5.62. The highest BCUT2D eigenvalue weighted by atomic mass is 16.7. The van der Waals surface area contributed by atoms with Gasteiger partial charge in [-0.15, -0.1) is 0 Å². The first-order valence-electron chi connectivity index (χ1n) is 6.81. The smallest absolute Gasteiger partial charge is 0.388 e. The van der Waals surface area contributed by atoms with Crippen LogP contribution < -0.4 is 0 Å². The van der Waals surface area contributed by atoms with Crippen molar-refractivity contribution in [2.24, 2.45) is 4.99 Å². The summed E-state index contributed by atoms with van der Waals surface area (Å²) >= 11 is 0. The second kappa shape index (κ2) is 8.00. The van der Waals surface area contributed by atoms with Crippen molar-refractivity contribution >= 4 is 11.8 Å². The molecule has 0 spiro atoms. The molecule has 0 bridgehead atoms. The van der Waals surface area contributed by atoms with Crippen LogP contribution >= 0.6 is 0 Å². The molecule has 0 N–H and O–H groups in total. The highest BCUT2D eigenvalue weighted by molar-refractivity contribution is 5.71. The molecule has 0 fully saturated rings. The van der Waals surface area contributed by atoms with Gasteiger partial charge in [-0.1, -0.05) is 48.5 Å². The minimum atomic E-state index is 0.328. The van der Waals surface area contributed by atoms with Gasteiger partial charge in [-0.3, -0.25) is 0 Å². The molecule has 2 rings (SSSR count). The monoisotopic (exact) mass is 269 g/mol. The first-order chi connectivity index (χ1) is 9.88. The lowest BCUT2D eigenvalue weighted by atomic mass is 10.2. The van der Waals surface area contributed by atoms with E-state index in [1.807, 2.05) is 55.5 Å². The van der Waals surface area contributed by atoms with Gasteiger partial charge in [-0.25, -0.2) is 0 Å². The van der Waals surface area contributed by atoms with Crippen LogP contribution in [-0.2, 0) is 15.9 Å². The Morgan fingerprint density at radius 1 is 0.900 bits per heavy atom. The molecule has 3 heteroatoms. The van der Waals surface area contributed by atoms with Gasteiger partial charge in [0.1, 0.15) is 0 Å². The molecule has 2 aromatic rings. The molecule has 0 unspecified atom stereocenters. The van der Waals surface area contributed by atoms with Crippen LogP contribution in [0.3, 0.4) is 0 Å². The Balaban J connectivity index is 1.91. The van der Waals surface area contributed by atoms with Gasteiger partial charge in [0, 0.05) is 6.42 Å². The summed E-state index contributed by atoms with van der Waals surface area (Å²) in [4.78, 5) is 4.35. The van der Waals surface area contributed by atoms with E-state index in [-0.39, 0.29) is 0 Å². The summed E-state index contributed by atoms with van der Waals surface area (Å²) in [5.41, 5.74) is 2.07. The fourth-order valence-corrected chi connectivity index (χ4v) is 1.74. The summed E-state index contributed by atoms with van der Waals surface area (Å²) in [6, 6.07) is 19.9. The van der Waals surface area contributed by atoms with E-state index >= 15 is 0 Å². The zero-order valence-electron chi connectivity index (χ0n) is 11.7. The van der Waals surface area contributed by atoms with Crippen LogP contribution in [0.25, 0.3) is 0 Å². The summed E-state index contributed by atoms with van der Waals surface area (Å²) in [6.45, 7) is 3.01. The molecule has 0 aliphatic heterocycles. The van der Waals surface area contributed by atoms with Gasteiger partial charge in [0.2, 0.25) is 0 Å². The second-order valence-corrected chi connectivity index (χ2v) is 4.23. The van der Waals surface area contributed by atoms with Crippen molar-refractivity contribution in [3.63, 3.8) is 0 Å². The zero-order valence-corrected chi connectivity index (χ0v) is 11.7. The van der Waals surface area contributed by atoms with Crippen molar-refractivity contribution < 1.29 is 9.47 Å². The highest BCUT2D eigenvalue weighted by Gasteiger charge is 2.02. The molecule has 0 radical (unpaired) electrons. The predicted octanol–water partition coefficient (Wildman–Crippen LogP) is 3.97. The summed E-state index contributed by atoms with van der Waals surface area (Å²) in [6.07, 6.45) is 1.16. The Labute approximate surface area is 119 Å². The number of ether oxygens (including phenoxy) is 2. The van der Waals surface area contributed by atoms with Crippen molar-refractivity contribution in [2.75, 3.05) is 13.2 Å². The molecule has 104 valence electrons. The van der Waals surface area contributed by atoms with Crippen LogP contribution in [0.4, 0.5) is 5.69 Å². The van der Waals surface area contributed by atoms with Crippen molar-refractivity contribution in [3.05, 3.63) is 66.2 Å². The van der Waals surface area contributed by atoms with E-state index in [0.29, 0.717) is 19.3 Å². The zero-order chi connectivity index (χ0) is 14.0. The van der Waals surface area contributed by atoms with E-state index in [0.717, 1.165) is 12.1 Å². The first-order valence-corrected chi connectivity index (χ1v) is 6.81. The number of benzene rings is 2. The maximum absolute atomic E-state index is 5.62. The lowest BCUT2D eigenvalue weighted by Crippen LogP contribution is -2.11. The molecule has 3 nitrogen and oxygen atoms in total. The van der Waals surface area contributed by atoms with Crippen LogP contribution in [0.15, 0.2) is 65.7 Å². The molecule has 0 aliphatic rings. The third-order valence-electron chi connectivity index (χ3n) is 2.70. The van der Waals surface area contributed by atoms with Crippen LogP contribution in [0.2, 0.25) is 0 Å². The second-order valence-electron chi connectivity index (χ2n) is 4.23. The molecular weight excluding hydrogens is 250 g/mol. The quantitative estimate of drug-likeness (QED) is 0.607. The van der Waals surface area contributed by atoms with Crippen LogP contribution in [0.1, 0.15) is 12.5 Å². The predicted molar refractivity (Wildman–Crippen MR) is 81.3 cm³/mol. The SMILES string of the molecule is CCOC(=Nc1ccccc1)OCCc1ccccc1. The van der Waals surface area contributed by atoms with Gasteiger partial charge in [0.15, 0.2) is 0 Å². The van der Waals surface area contributed by atoms with Crippen molar-refractivity contribution in [2.45, 2.75) is 13.3 Å². The molecule has 0 aliphatic carbocycles. The van der Waals surface area contributed by atoms with E-state index in [1.54, 1.807) is 0 Å². The van der Waals surface area contributed by atoms with Gasteiger partial charge in [-0.2, -0.15) is 4.99 Å². The standard InChI is InChI=1S/C17H19NO2/c1-2-19-17(18-16-11-7-4-8-12-16)20-14-13-15-9-5-3-6-10-15/h3-12H,2,13-14H2,1H3. The average Bonchev–Trinajstić information content (AvgIpc) is 2.49. The third kappa shape index (κ3) is 4.76. The molecule has 0 saturated heterocycles. The molecule has 0 heterocycles. The highest BCUT2D eigenvalue weighted by Crippen LogP contribution is 2.11. The minimum Gasteiger partial charge on any atom is -0.451 e. The van der Waals surface area contributed by atoms with E-state index in [9.17, 15) is 0 Å². The summed E-state index contributed by atoms with van der Waals surface area (Å²) in [7, 11) is 0. The summed E-state index contributed by atoms with van der Waals surface area (Å²) < 4.78 is 11.0. The fraction of sp³-hybridized carbons (Fsp3) is 0.235. The van der Waals surface area contributed by atoms with E-state index in [4.69, 9.17) is 9.47 Å². The van der Waals surface area contributed by atoms with Crippen molar-refractivity contribution in [1.29, 1.82) is 0 Å². The maximum Gasteiger partial charge on any atom is 0.388 e. The van der Waals surface area contributed by atoms with Gasteiger partial charge >= 0.3 is 6.08 Å². The topological polar surface area (TPSA) is 30.8 Å². The van der Waals surface area contributed by atoms with Crippen LogP contribution in [-0.4, -0.2) is 19.3 Å². The molecule has 2 aromatic carbocycles. The molecular formula is C17H19NO2. The Bertz CT molecular complexity index is 523. The number of para-hydroxylation sites is 1. The van der Waals surface area contributed by atoms with Gasteiger partial charge in [0.25, 0.3) is 0 Å². The Morgan fingerprint density at radius 2 is 1.55 bits per heavy atom. The van der Waals surface area contributed by atoms with Crippen molar-refractivity contribution in [1.82, 2.24) is 0 Å². The van der Waals surface area contributed by atoms with Crippen LogP contribution in [0, 0.1) is 0 Å². The minimum absolute atomic E-state index is 0.328. The van der Waals surface area contributed by atoms with Gasteiger partial charge < -0.3 is 9.47 Å². The normalized spacial score (nSPS) is 11.2. The lowest BCUT2D eigenvalue weighted by molar-refractivity contribution is 0.175. The number of hydrogen-bond acceptors (Lipinski definition) is 3. The van der Waals surface area contributed by atoms with E-state index in [2.05, 4.69) is 17.1 Å². The largest absolute Gasteiger partial charge is 0.451 e. The molecule has 0 atom stereocenters. The molecule has 20 heavy (non-hydrogen) atoms. The van der Waals surface area contributed by atoms with E-state index < -0.39 is 0 Å². The summed E-state index contributed by atoms with van der Waals surface area (Å²) in [5, 5.41) is 0. The Morgan fingerprint density at radius 3 is 2.20 bits per heavy atom. The number of rotatable bonds is 5. The van der Waals surface area contributed by atoms with Crippen molar-refractivity contribution in [3.8, 4) is 0 Å². The average molecular weight is 269 g/mol. The number of hydrogen-bond donors (Lipinski definition) is 0. The number of nitrogens with zero attached hydrogens (tertiary/aromatic N) is 1. The van der Waals surface area contributed by atoms with Gasteiger partial charge in [-0.05, 0) is 24.6 Å². The van der Waals surface area contributed by atoms with Gasteiger partial charge in [0.05, 0.1) is 18.9 Å². The first kappa shape index (κ1) is 14.1. The molecule has 0 saturated carbocycles. The Kier molecular flexibility index (Phi) is 5.65. The third-order valence-corrected chi connectivity index (χ3v) is 2.70. The summed E-state index contributed by atoms with van der Waals surface area (Å²) in [5.74, 6) is 0. The fourth-order valence-electron chi connectivity index (χ4n) is 1.74. The lowest BCUT2D eigenvalue weighted by Gasteiger charge is -2.09. The van der Waals surface area contributed by atoms with E-state index in [1.165, 1.54) is 5.56 Å². The molecule has 0 amide bonds. The Hall–Kier alpha value is -2.29. The molecule has 0 aromatic heterocycles.